The van der Waals surface area contributed by atoms with E-state index in [1.165, 1.54) is 69.9 Å². The molecule has 1 rings (SSSR count). The minimum Gasteiger partial charge on any atom is -0.478 e. The fraction of sp³-hybridized carbons (Fsp3) is 0.500. The molecule has 1 aromatic carbocycles. The number of hydrogen-bond acceptors (Lipinski definition) is 5. The molecule has 6 nitrogen and oxygen atoms in total. The van der Waals surface area contributed by atoms with Gasteiger partial charge in [-0.25, -0.2) is 14.4 Å². The van der Waals surface area contributed by atoms with E-state index in [-0.39, 0.29) is 5.97 Å². The monoisotopic (exact) mass is 554 g/mol. The summed E-state index contributed by atoms with van der Waals surface area (Å²) in [6.45, 7) is 10.4. The highest BCUT2D eigenvalue weighted by atomic mass is 16.5. The van der Waals surface area contributed by atoms with Gasteiger partial charge >= 0.3 is 17.9 Å². The summed E-state index contributed by atoms with van der Waals surface area (Å²) in [5.74, 6) is -1.79. The largest absolute Gasteiger partial charge is 0.478 e. The van der Waals surface area contributed by atoms with Crippen LogP contribution in [0.25, 0.3) is 6.08 Å². The van der Waals surface area contributed by atoms with Crippen LogP contribution in [-0.2, 0) is 23.9 Å². The van der Waals surface area contributed by atoms with Crippen LogP contribution in [0.3, 0.4) is 0 Å². The number of carboxylic acid groups (broad SMARTS) is 1. The Balaban J connectivity index is 0.000000778. The van der Waals surface area contributed by atoms with Gasteiger partial charge in [-0.1, -0.05) is 127 Å². The summed E-state index contributed by atoms with van der Waals surface area (Å²) >= 11 is 0. The second-order valence-electron chi connectivity index (χ2n) is 9.65. The summed E-state index contributed by atoms with van der Waals surface area (Å²) in [6, 6.07) is 9.51. The molecule has 1 N–H and O–H groups in total. The molecule has 222 valence electrons. The minimum absolute atomic E-state index is 0.258. The topological polar surface area (TPSA) is 89.9 Å². The smallest absolute Gasteiger partial charge is 0.338 e. The lowest BCUT2D eigenvalue weighted by molar-refractivity contribution is -0.139. The zero-order chi connectivity index (χ0) is 29.8. The highest BCUT2D eigenvalue weighted by Gasteiger charge is 2.07. The Morgan fingerprint density at radius 3 is 1.82 bits per heavy atom. The molecule has 0 saturated carbocycles. The average Bonchev–Trinajstić information content (AvgIpc) is 2.94. The maximum absolute atomic E-state index is 12.0. The van der Waals surface area contributed by atoms with Crippen molar-refractivity contribution in [1.82, 2.24) is 0 Å². The molecule has 0 aromatic heterocycles. The number of hydrogen-bond donors (Lipinski definition) is 1. The lowest BCUT2D eigenvalue weighted by Gasteiger charge is -2.04. The van der Waals surface area contributed by atoms with Gasteiger partial charge in [0.15, 0.2) is 0 Å². The minimum atomic E-state index is -1.07. The van der Waals surface area contributed by atoms with Crippen LogP contribution in [0, 0.1) is 0 Å². The van der Waals surface area contributed by atoms with E-state index in [0.717, 1.165) is 30.9 Å². The van der Waals surface area contributed by atoms with Crippen molar-refractivity contribution in [3.05, 3.63) is 77.9 Å². The van der Waals surface area contributed by atoms with Crippen LogP contribution in [0.4, 0.5) is 0 Å². The Bertz CT molecular complexity index is 927. The summed E-state index contributed by atoms with van der Waals surface area (Å²) in [6.07, 6.45) is 21.8. The number of esters is 2. The second kappa shape index (κ2) is 25.8. The number of ether oxygens (including phenoxy) is 2. The Morgan fingerprint density at radius 1 is 0.750 bits per heavy atom. The van der Waals surface area contributed by atoms with Gasteiger partial charge in [0.25, 0.3) is 0 Å². The van der Waals surface area contributed by atoms with E-state index in [9.17, 15) is 14.4 Å². The van der Waals surface area contributed by atoms with Crippen molar-refractivity contribution in [2.45, 2.75) is 97.8 Å². The quantitative estimate of drug-likeness (QED) is 0.0751. The molecule has 0 bridgehead atoms. The number of aliphatic carboxylic acids is 1. The number of unbranched alkanes of at least 4 members (excludes halogenated alkanes) is 10. The lowest BCUT2D eigenvalue weighted by Crippen LogP contribution is -2.07. The molecule has 0 aliphatic rings. The number of carbonyl (C=O) groups excluding carboxylic acids is 2. The summed E-state index contributed by atoms with van der Waals surface area (Å²) < 4.78 is 10.2. The molecule has 1 aromatic rings. The van der Waals surface area contributed by atoms with E-state index in [1.807, 2.05) is 37.3 Å². The van der Waals surface area contributed by atoms with Gasteiger partial charge in [-0.05, 0) is 37.5 Å². The number of carbonyl (C=O) groups is 3. The van der Waals surface area contributed by atoms with Gasteiger partial charge in [-0.2, -0.15) is 0 Å². The van der Waals surface area contributed by atoms with E-state index < -0.39 is 11.9 Å². The maximum Gasteiger partial charge on any atom is 0.338 e. The molecular weight excluding hydrogens is 504 g/mol. The molecule has 0 fully saturated rings. The number of rotatable bonds is 20. The van der Waals surface area contributed by atoms with Crippen LogP contribution in [0.15, 0.2) is 72.4 Å². The van der Waals surface area contributed by atoms with Crippen molar-refractivity contribution >= 4 is 24.0 Å². The van der Waals surface area contributed by atoms with Gasteiger partial charge in [-0.15, -0.1) is 0 Å². The molecule has 0 atom stereocenters. The SMILES string of the molecule is C=C(C)C(=O)OCCCCCCCCCCCC.CCCCOC(=O)C(C=Cc1ccccc1)=CC=CC(=O)O. The molecule has 0 amide bonds. The van der Waals surface area contributed by atoms with Crippen molar-refractivity contribution in [3.8, 4) is 0 Å². The Kier molecular flexibility index (Phi) is 23.6. The van der Waals surface area contributed by atoms with Gasteiger partial charge < -0.3 is 14.6 Å². The molecule has 6 heteroatoms. The second-order valence-corrected chi connectivity index (χ2v) is 9.65. The van der Waals surface area contributed by atoms with Gasteiger partial charge in [0.2, 0.25) is 0 Å². The predicted octanol–water partition coefficient (Wildman–Crippen LogP) is 8.64. The Morgan fingerprint density at radius 2 is 1.27 bits per heavy atom. The predicted molar refractivity (Wildman–Crippen MR) is 164 cm³/mol. The Labute approximate surface area is 241 Å². The van der Waals surface area contributed by atoms with Crippen LogP contribution in [0.5, 0.6) is 0 Å². The molecule has 40 heavy (non-hydrogen) atoms. The first kappa shape index (κ1) is 36.6. The highest BCUT2D eigenvalue weighted by Crippen LogP contribution is 2.11. The van der Waals surface area contributed by atoms with Crippen LogP contribution < -0.4 is 0 Å². The van der Waals surface area contributed by atoms with Crippen molar-refractivity contribution in [2.24, 2.45) is 0 Å². The third-order valence-corrected chi connectivity index (χ3v) is 5.82. The van der Waals surface area contributed by atoms with Crippen LogP contribution in [0.2, 0.25) is 0 Å². The van der Waals surface area contributed by atoms with Gasteiger partial charge in [-0.3, -0.25) is 0 Å². The standard InChI is InChI=1S/C18H20O4.C16H30O2/c1-2-3-14-22-18(21)16(10-7-11-17(19)20)13-12-15-8-5-4-6-9-15;1-4-5-6-7-8-9-10-11-12-13-14-18-16(17)15(2)3/h4-13H,2-3,14H2,1H3,(H,19,20);2,4-14H2,1,3H3. The van der Waals surface area contributed by atoms with Crippen molar-refractivity contribution < 1.29 is 29.0 Å². The third kappa shape index (κ3) is 22.6. The highest BCUT2D eigenvalue weighted by molar-refractivity contribution is 5.93. The maximum atomic E-state index is 12.0. The van der Waals surface area contributed by atoms with E-state index in [2.05, 4.69) is 13.5 Å². The normalized spacial score (nSPS) is 11.2. The van der Waals surface area contributed by atoms with E-state index in [0.29, 0.717) is 24.4 Å². The fourth-order valence-corrected chi connectivity index (χ4v) is 3.45. The lowest BCUT2D eigenvalue weighted by atomic mass is 10.1. The van der Waals surface area contributed by atoms with Crippen LogP contribution in [0.1, 0.15) is 103 Å². The van der Waals surface area contributed by atoms with E-state index >= 15 is 0 Å². The zero-order valence-corrected chi connectivity index (χ0v) is 24.9. The molecule has 0 heterocycles. The number of allylic oxidation sites excluding steroid dienone is 2. The first-order valence-corrected chi connectivity index (χ1v) is 14.7. The van der Waals surface area contributed by atoms with Crippen LogP contribution >= 0.6 is 0 Å². The first-order valence-electron chi connectivity index (χ1n) is 14.7. The summed E-state index contributed by atoms with van der Waals surface area (Å²) in [5.41, 5.74) is 1.73. The summed E-state index contributed by atoms with van der Waals surface area (Å²) in [4.78, 5) is 33.6. The van der Waals surface area contributed by atoms with Crippen molar-refractivity contribution in [3.63, 3.8) is 0 Å². The third-order valence-electron chi connectivity index (χ3n) is 5.82. The average molecular weight is 555 g/mol. The Hall–Kier alpha value is -3.41. The molecule has 0 saturated heterocycles. The van der Waals surface area contributed by atoms with Gasteiger partial charge in [0.1, 0.15) is 0 Å². The molecule has 0 unspecified atom stereocenters. The van der Waals surface area contributed by atoms with Crippen LogP contribution in [-0.4, -0.2) is 36.2 Å². The molecule has 0 aliphatic heterocycles. The van der Waals surface area contributed by atoms with Gasteiger partial charge in [0.05, 0.1) is 18.8 Å². The van der Waals surface area contributed by atoms with E-state index in [1.54, 1.807) is 19.1 Å². The fourth-order valence-electron chi connectivity index (χ4n) is 3.45. The van der Waals surface area contributed by atoms with E-state index in [4.69, 9.17) is 14.6 Å². The molecule has 0 spiro atoms. The first-order chi connectivity index (χ1) is 19.3. The zero-order valence-electron chi connectivity index (χ0n) is 24.9. The van der Waals surface area contributed by atoms with Crippen molar-refractivity contribution in [1.29, 1.82) is 0 Å². The van der Waals surface area contributed by atoms with Gasteiger partial charge in [0, 0.05) is 11.6 Å². The number of carboxylic acids is 1. The molecule has 0 radical (unpaired) electrons. The summed E-state index contributed by atoms with van der Waals surface area (Å²) in [5, 5.41) is 8.60. The molecular formula is C34H50O6. The number of benzene rings is 1. The molecule has 0 aliphatic carbocycles. The van der Waals surface area contributed by atoms with Crippen molar-refractivity contribution in [2.75, 3.05) is 13.2 Å². The summed E-state index contributed by atoms with van der Waals surface area (Å²) in [7, 11) is 0.